The van der Waals surface area contributed by atoms with Crippen molar-refractivity contribution in [1.29, 1.82) is 0 Å². The maximum Gasteiger partial charge on any atom is 0.120 e. The average Bonchev–Trinajstić information content (AvgIpc) is 2.64. The SMILES string of the molecule is CCC[C@H]1/C(=N/O)[C@@H](C)[C@@H](c2ccccc2)[NH2+][C@@H]1c1ccccc1. The Bertz CT molecular complexity index is 669. The lowest BCUT2D eigenvalue weighted by atomic mass is 9.73. The molecule has 4 atom stereocenters. The zero-order valence-electron chi connectivity index (χ0n) is 14.5. The summed E-state index contributed by atoms with van der Waals surface area (Å²) in [6.45, 7) is 4.39. The first kappa shape index (κ1) is 16.7. The Labute approximate surface area is 144 Å². The van der Waals surface area contributed by atoms with E-state index in [1.165, 1.54) is 11.1 Å². The topological polar surface area (TPSA) is 49.2 Å². The normalized spacial score (nSPS) is 28.8. The van der Waals surface area contributed by atoms with Crippen LogP contribution in [0.3, 0.4) is 0 Å². The van der Waals surface area contributed by atoms with E-state index in [2.05, 4.69) is 78.9 Å². The first-order valence-electron chi connectivity index (χ1n) is 8.93. The van der Waals surface area contributed by atoms with Crippen LogP contribution in [0.15, 0.2) is 65.8 Å². The standard InChI is InChI=1S/C21H26N2O/c1-3-10-18-20(23-24)15(2)19(16-11-6-4-7-12-16)22-21(18)17-13-8-5-9-14-17/h4-9,11-15,18-19,21-22,24H,3,10H2,1-2H3/p+1/b23-20+/t15-,18-,19-,21+/m0/s1. The quantitative estimate of drug-likeness (QED) is 0.650. The highest BCUT2D eigenvalue weighted by molar-refractivity contribution is 5.90. The highest BCUT2D eigenvalue weighted by Crippen LogP contribution is 2.35. The first-order valence-corrected chi connectivity index (χ1v) is 8.93. The van der Waals surface area contributed by atoms with E-state index in [-0.39, 0.29) is 17.9 Å². The summed E-state index contributed by atoms with van der Waals surface area (Å²) >= 11 is 0. The second kappa shape index (κ2) is 7.63. The molecule has 2 aromatic carbocycles. The Morgan fingerprint density at radius 1 is 0.917 bits per heavy atom. The number of rotatable bonds is 4. The second-order valence-electron chi connectivity index (χ2n) is 6.77. The fourth-order valence-electron chi connectivity index (χ4n) is 4.13. The van der Waals surface area contributed by atoms with Gasteiger partial charge in [-0.1, -0.05) is 86.1 Å². The third-order valence-corrected chi connectivity index (χ3v) is 5.32. The van der Waals surface area contributed by atoms with Crippen LogP contribution in [0.2, 0.25) is 0 Å². The summed E-state index contributed by atoms with van der Waals surface area (Å²) in [5, 5.41) is 16.0. The van der Waals surface area contributed by atoms with Crippen molar-refractivity contribution in [3.8, 4) is 0 Å². The molecule has 3 heteroatoms. The van der Waals surface area contributed by atoms with Gasteiger partial charge in [0.15, 0.2) is 0 Å². The van der Waals surface area contributed by atoms with Crippen LogP contribution in [-0.4, -0.2) is 10.9 Å². The molecular weight excluding hydrogens is 296 g/mol. The van der Waals surface area contributed by atoms with E-state index in [1.54, 1.807) is 0 Å². The maximum absolute atomic E-state index is 9.76. The second-order valence-corrected chi connectivity index (χ2v) is 6.77. The minimum absolute atomic E-state index is 0.217. The van der Waals surface area contributed by atoms with Crippen molar-refractivity contribution in [3.05, 3.63) is 71.8 Å². The molecule has 3 nitrogen and oxygen atoms in total. The Balaban J connectivity index is 2.01. The number of quaternary nitrogens is 1. The summed E-state index contributed by atoms with van der Waals surface area (Å²) in [4.78, 5) is 0. The Hall–Kier alpha value is -2.13. The lowest BCUT2D eigenvalue weighted by Crippen LogP contribution is -2.91. The fraction of sp³-hybridized carbons (Fsp3) is 0.381. The molecule has 1 aliphatic rings. The van der Waals surface area contributed by atoms with Crippen molar-refractivity contribution in [2.24, 2.45) is 17.0 Å². The Morgan fingerprint density at radius 2 is 1.46 bits per heavy atom. The smallest absolute Gasteiger partial charge is 0.120 e. The molecule has 1 saturated heterocycles. The van der Waals surface area contributed by atoms with Gasteiger partial charge in [-0.25, -0.2) is 0 Å². The zero-order valence-corrected chi connectivity index (χ0v) is 14.5. The molecular formula is C21H27N2O+. The molecule has 1 aliphatic heterocycles. The molecule has 24 heavy (non-hydrogen) atoms. The summed E-state index contributed by atoms with van der Waals surface area (Å²) < 4.78 is 0. The lowest BCUT2D eigenvalue weighted by Gasteiger charge is -2.39. The van der Waals surface area contributed by atoms with Crippen LogP contribution >= 0.6 is 0 Å². The number of piperidine rings is 1. The Kier molecular flexibility index (Phi) is 5.31. The number of oxime groups is 1. The molecule has 0 unspecified atom stereocenters. The zero-order chi connectivity index (χ0) is 16.9. The van der Waals surface area contributed by atoms with Gasteiger partial charge in [-0.3, -0.25) is 0 Å². The van der Waals surface area contributed by atoms with Gasteiger partial charge in [-0.05, 0) is 6.42 Å². The summed E-state index contributed by atoms with van der Waals surface area (Å²) in [5.74, 6) is 0.492. The minimum atomic E-state index is 0.217. The summed E-state index contributed by atoms with van der Waals surface area (Å²) in [7, 11) is 0. The van der Waals surface area contributed by atoms with Crippen LogP contribution < -0.4 is 5.32 Å². The van der Waals surface area contributed by atoms with Gasteiger partial charge in [-0.2, -0.15) is 0 Å². The number of benzene rings is 2. The van der Waals surface area contributed by atoms with E-state index in [4.69, 9.17) is 0 Å². The van der Waals surface area contributed by atoms with Crippen molar-refractivity contribution < 1.29 is 10.5 Å². The van der Waals surface area contributed by atoms with Crippen LogP contribution in [0.4, 0.5) is 0 Å². The van der Waals surface area contributed by atoms with E-state index in [0.717, 1.165) is 18.6 Å². The predicted molar refractivity (Wildman–Crippen MR) is 97.1 cm³/mol. The number of nitrogens with zero attached hydrogens (tertiary/aromatic N) is 1. The van der Waals surface area contributed by atoms with E-state index >= 15 is 0 Å². The Morgan fingerprint density at radius 3 is 1.96 bits per heavy atom. The maximum atomic E-state index is 9.76. The monoisotopic (exact) mass is 323 g/mol. The van der Waals surface area contributed by atoms with Crippen LogP contribution in [0.5, 0.6) is 0 Å². The van der Waals surface area contributed by atoms with E-state index in [0.29, 0.717) is 6.04 Å². The van der Waals surface area contributed by atoms with Gasteiger partial charge in [0.05, 0.1) is 17.5 Å². The third-order valence-electron chi connectivity index (χ3n) is 5.32. The molecule has 0 saturated carbocycles. The molecule has 2 aromatic rings. The van der Waals surface area contributed by atoms with Crippen LogP contribution in [-0.2, 0) is 0 Å². The van der Waals surface area contributed by atoms with Crippen molar-refractivity contribution >= 4 is 5.71 Å². The number of hydrogen-bond acceptors (Lipinski definition) is 2. The lowest BCUT2D eigenvalue weighted by molar-refractivity contribution is -0.747. The van der Waals surface area contributed by atoms with Crippen LogP contribution in [0.1, 0.15) is 49.9 Å². The molecule has 1 fully saturated rings. The van der Waals surface area contributed by atoms with Gasteiger partial charge in [0, 0.05) is 11.1 Å². The van der Waals surface area contributed by atoms with Crippen LogP contribution in [0.25, 0.3) is 0 Å². The third kappa shape index (κ3) is 3.22. The van der Waals surface area contributed by atoms with Gasteiger partial charge in [-0.15, -0.1) is 0 Å². The van der Waals surface area contributed by atoms with Crippen molar-refractivity contribution in [2.75, 3.05) is 0 Å². The summed E-state index contributed by atoms with van der Waals surface area (Å²) in [5.41, 5.74) is 3.55. The van der Waals surface area contributed by atoms with Gasteiger partial charge in [0.2, 0.25) is 0 Å². The average molecular weight is 323 g/mol. The highest BCUT2D eigenvalue weighted by atomic mass is 16.4. The molecule has 3 rings (SSSR count). The largest absolute Gasteiger partial charge is 0.411 e. The summed E-state index contributed by atoms with van der Waals surface area (Å²) in [6, 6.07) is 21.8. The first-order chi connectivity index (χ1) is 11.8. The van der Waals surface area contributed by atoms with Crippen molar-refractivity contribution in [1.82, 2.24) is 0 Å². The van der Waals surface area contributed by atoms with E-state index < -0.39 is 0 Å². The van der Waals surface area contributed by atoms with Gasteiger partial charge < -0.3 is 10.5 Å². The minimum Gasteiger partial charge on any atom is -0.411 e. The van der Waals surface area contributed by atoms with Crippen molar-refractivity contribution in [2.45, 2.75) is 38.8 Å². The molecule has 0 amide bonds. The number of hydrogen-bond donors (Lipinski definition) is 2. The van der Waals surface area contributed by atoms with Gasteiger partial charge >= 0.3 is 0 Å². The molecule has 0 aromatic heterocycles. The fourth-order valence-corrected chi connectivity index (χ4v) is 4.13. The molecule has 126 valence electrons. The van der Waals surface area contributed by atoms with Crippen LogP contribution in [0, 0.1) is 11.8 Å². The van der Waals surface area contributed by atoms with Crippen molar-refractivity contribution in [3.63, 3.8) is 0 Å². The molecule has 0 radical (unpaired) electrons. The highest BCUT2D eigenvalue weighted by Gasteiger charge is 2.44. The molecule has 0 spiro atoms. The molecule has 1 heterocycles. The van der Waals surface area contributed by atoms with Gasteiger partial charge in [0.1, 0.15) is 12.1 Å². The van der Waals surface area contributed by atoms with Gasteiger partial charge in [0.25, 0.3) is 0 Å². The predicted octanol–water partition coefficient (Wildman–Crippen LogP) is 3.93. The number of nitrogens with two attached hydrogens (primary N) is 1. The molecule has 0 bridgehead atoms. The summed E-state index contributed by atoms with van der Waals surface area (Å²) in [6.07, 6.45) is 2.13. The molecule has 3 N–H and O–H groups in total. The van der Waals surface area contributed by atoms with E-state index in [9.17, 15) is 5.21 Å². The molecule has 0 aliphatic carbocycles. The van der Waals surface area contributed by atoms with E-state index in [1.807, 2.05) is 6.07 Å².